The zero-order valence-electron chi connectivity index (χ0n) is 8.67. The van der Waals surface area contributed by atoms with Crippen LogP contribution in [0.5, 0.6) is 0 Å². The summed E-state index contributed by atoms with van der Waals surface area (Å²) in [4.78, 5) is 24.9. The Morgan fingerprint density at radius 1 is 1.59 bits per heavy atom. The molecule has 0 bridgehead atoms. The standard InChI is InChI=1S/C9H11IN2O5/c10-4-2-12(9(16)11-8(4)15)7-1-5(14)6(3-13)17-7/h2,5-7,13-14H,1,3H2,(H,11,15,16)/t5-,6-,7?/m1/s1. The molecule has 0 radical (unpaired) electrons. The summed E-state index contributed by atoms with van der Waals surface area (Å²) in [7, 11) is 0. The molecule has 1 aliphatic rings. The summed E-state index contributed by atoms with van der Waals surface area (Å²) in [6.07, 6.45) is -0.607. The number of rotatable bonds is 2. The molecule has 3 N–H and O–H groups in total. The van der Waals surface area contributed by atoms with Crippen molar-refractivity contribution in [2.75, 3.05) is 6.61 Å². The van der Waals surface area contributed by atoms with E-state index in [1.165, 1.54) is 10.8 Å². The molecule has 2 heterocycles. The van der Waals surface area contributed by atoms with Crippen LogP contribution in [0.15, 0.2) is 15.8 Å². The fraction of sp³-hybridized carbons (Fsp3) is 0.556. The topological polar surface area (TPSA) is 105 Å². The van der Waals surface area contributed by atoms with Crippen LogP contribution in [-0.4, -0.2) is 38.6 Å². The van der Waals surface area contributed by atoms with Crippen molar-refractivity contribution in [2.24, 2.45) is 0 Å². The normalized spacial score (nSPS) is 28.5. The second kappa shape index (κ2) is 4.88. The molecule has 1 unspecified atom stereocenters. The third-order valence-electron chi connectivity index (χ3n) is 2.62. The van der Waals surface area contributed by atoms with Gasteiger partial charge in [-0.2, -0.15) is 0 Å². The predicted octanol–water partition coefficient (Wildman–Crippen LogP) is -1.22. The number of ether oxygens (including phenoxy) is 1. The molecule has 0 aromatic carbocycles. The zero-order valence-corrected chi connectivity index (χ0v) is 10.8. The Bertz CT molecular complexity index is 525. The van der Waals surface area contributed by atoms with Crippen LogP contribution in [0.3, 0.4) is 0 Å². The van der Waals surface area contributed by atoms with Gasteiger partial charge in [0.05, 0.1) is 16.3 Å². The average Bonchev–Trinajstić information content (AvgIpc) is 2.65. The van der Waals surface area contributed by atoms with E-state index in [4.69, 9.17) is 9.84 Å². The van der Waals surface area contributed by atoms with Gasteiger partial charge in [-0.3, -0.25) is 14.3 Å². The molecule has 0 amide bonds. The summed E-state index contributed by atoms with van der Waals surface area (Å²) in [5.74, 6) is 0. The van der Waals surface area contributed by atoms with Crippen molar-refractivity contribution < 1.29 is 14.9 Å². The molecule has 0 spiro atoms. The SMILES string of the molecule is O=c1[nH]c(=O)n(C2C[C@@H](O)[C@@H](CO)O2)cc1I. The molecule has 1 aromatic heterocycles. The van der Waals surface area contributed by atoms with Crippen molar-refractivity contribution in [2.45, 2.75) is 24.9 Å². The van der Waals surface area contributed by atoms with Crippen molar-refractivity contribution in [3.8, 4) is 0 Å². The second-order valence-electron chi connectivity index (χ2n) is 3.76. The largest absolute Gasteiger partial charge is 0.394 e. The van der Waals surface area contributed by atoms with Crippen LogP contribution in [0.2, 0.25) is 0 Å². The fourth-order valence-corrected chi connectivity index (χ4v) is 2.16. The lowest BCUT2D eigenvalue weighted by Gasteiger charge is -2.14. The van der Waals surface area contributed by atoms with E-state index in [-0.39, 0.29) is 13.0 Å². The Morgan fingerprint density at radius 2 is 2.29 bits per heavy atom. The smallest absolute Gasteiger partial charge is 0.330 e. The minimum atomic E-state index is -0.818. The lowest BCUT2D eigenvalue weighted by Crippen LogP contribution is -2.33. The number of nitrogens with zero attached hydrogens (tertiary/aromatic N) is 1. The van der Waals surface area contributed by atoms with Gasteiger partial charge in [-0.15, -0.1) is 0 Å². The number of aromatic nitrogens is 2. The predicted molar refractivity (Wildman–Crippen MR) is 65.7 cm³/mol. The first-order valence-corrected chi connectivity index (χ1v) is 6.06. The van der Waals surface area contributed by atoms with Crippen LogP contribution < -0.4 is 11.2 Å². The minimum Gasteiger partial charge on any atom is -0.394 e. The highest BCUT2D eigenvalue weighted by molar-refractivity contribution is 14.1. The van der Waals surface area contributed by atoms with Crippen LogP contribution >= 0.6 is 22.6 Å². The third kappa shape index (κ3) is 2.44. The Hall–Kier alpha value is -0.710. The lowest BCUT2D eigenvalue weighted by molar-refractivity contribution is -0.0459. The molecular formula is C9H11IN2O5. The van der Waals surface area contributed by atoms with Gasteiger partial charge in [-0.1, -0.05) is 0 Å². The number of H-pyrrole nitrogens is 1. The molecule has 2 rings (SSSR count). The zero-order chi connectivity index (χ0) is 12.6. The summed E-state index contributed by atoms with van der Waals surface area (Å²) >= 11 is 1.80. The molecule has 17 heavy (non-hydrogen) atoms. The fourth-order valence-electron chi connectivity index (χ4n) is 1.72. The summed E-state index contributed by atoms with van der Waals surface area (Å²) in [6.45, 7) is -0.313. The van der Waals surface area contributed by atoms with Gasteiger partial charge < -0.3 is 14.9 Å². The van der Waals surface area contributed by atoms with Crippen molar-refractivity contribution in [1.29, 1.82) is 0 Å². The van der Waals surface area contributed by atoms with Crippen LogP contribution in [0.25, 0.3) is 0 Å². The van der Waals surface area contributed by atoms with E-state index in [9.17, 15) is 14.7 Å². The number of aliphatic hydroxyl groups excluding tert-OH is 2. The highest BCUT2D eigenvalue weighted by Crippen LogP contribution is 2.27. The minimum absolute atomic E-state index is 0.202. The van der Waals surface area contributed by atoms with Gasteiger partial charge in [0, 0.05) is 12.6 Å². The van der Waals surface area contributed by atoms with Crippen LogP contribution in [0.4, 0.5) is 0 Å². The Kier molecular flexibility index (Phi) is 3.66. The number of aromatic amines is 1. The quantitative estimate of drug-likeness (QED) is 0.578. The summed E-state index contributed by atoms with van der Waals surface area (Å²) in [5, 5.41) is 18.5. The first kappa shape index (κ1) is 12.7. The van der Waals surface area contributed by atoms with Crippen molar-refractivity contribution in [3.63, 3.8) is 0 Å². The molecule has 94 valence electrons. The van der Waals surface area contributed by atoms with Gasteiger partial charge in [0.1, 0.15) is 12.3 Å². The average molecular weight is 354 g/mol. The van der Waals surface area contributed by atoms with E-state index in [2.05, 4.69) is 4.98 Å². The molecule has 1 aromatic rings. The number of hydrogen-bond acceptors (Lipinski definition) is 5. The van der Waals surface area contributed by atoms with E-state index in [0.29, 0.717) is 3.57 Å². The highest BCUT2D eigenvalue weighted by Gasteiger charge is 2.34. The van der Waals surface area contributed by atoms with Crippen molar-refractivity contribution >= 4 is 22.6 Å². The van der Waals surface area contributed by atoms with Crippen LogP contribution in [0.1, 0.15) is 12.6 Å². The van der Waals surface area contributed by atoms with E-state index >= 15 is 0 Å². The maximum absolute atomic E-state index is 11.6. The van der Waals surface area contributed by atoms with Gasteiger partial charge in [0.15, 0.2) is 0 Å². The van der Waals surface area contributed by atoms with Gasteiger partial charge in [-0.05, 0) is 22.6 Å². The molecule has 1 aliphatic heterocycles. The van der Waals surface area contributed by atoms with E-state index in [0.717, 1.165) is 0 Å². The first-order chi connectivity index (χ1) is 8.02. The van der Waals surface area contributed by atoms with E-state index in [1.54, 1.807) is 22.6 Å². The molecule has 7 nitrogen and oxygen atoms in total. The van der Waals surface area contributed by atoms with Crippen LogP contribution in [-0.2, 0) is 4.74 Å². The Labute approximate surface area is 109 Å². The van der Waals surface area contributed by atoms with Crippen molar-refractivity contribution in [3.05, 3.63) is 30.6 Å². The molecule has 0 saturated carbocycles. The summed E-state index contributed by atoms with van der Waals surface area (Å²) < 4.78 is 6.89. The maximum Gasteiger partial charge on any atom is 0.330 e. The summed E-state index contributed by atoms with van der Waals surface area (Å²) in [6, 6.07) is 0. The number of halogens is 1. The van der Waals surface area contributed by atoms with Gasteiger partial charge in [0.25, 0.3) is 5.56 Å². The second-order valence-corrected chi connectivity index (χ2v) is 4.92. The van der Waals surface area contributed by atoms with Crippen LogP contribution in [0, 0.1) is 3.57 Å². The highest BCUT2D eigenvalue weighted by atomic mass is 127. The molecule has 8 heteroatoms. The number of nitrogens with one attached hydrogen (secondary N) is 1. The third-order valence-corrected chi connectivity index (χ3v) is 3.39. The van der Waals surface area contributed by atoms with Gasteiger partial charge in [0.2, 0.25) is 0 Å². The lowest BCUT2D eigenvalue weighted by atomic mass is 10.2. The molecular weight excluding hydrogens is 343 g/mol. The number of hydrogen-bond donors (Lipinski definition) is 3. The van der Waals surface area contributed by atoms with Crippen molar-refractivity contribution in [1.82, 2.24) is 9.55 Å². The molecule has 0 aliphatic carbocycles. The van der Waals surface area contributed by atoms with Gasteiger partial charge >= 0.3 is 5.69 Å². The molecule has 3 atom stereocenters. The maximum atomic E-state index is 11.6. The van der Waals surface area contributed by atoms with E-state index in [1.807, 2.05) is 0 Å². The molecule has 1 fully saturated rings. The molecule has 1 saturated heterocycles. The summed E-state index contributed by atoms with van der Waals surface area (Å²) in [5.41, 5.74) is -1.05. The Morgan fingerprint density at radius 3 is 2.88 bits per heavy atom. The Balaban J connectivity index is 2.34. The first-order valence-electron chi connectivity index (χ1n) is 4.98. The van der Waals surface area contributed by atoms with E-state index < -0.39 is 29.7 Å². The number of aliphatic hydroxyl groups is 2. The van der Waals surface area contributed by atoms with Gasteiger partial charge in [-0.25, -0.2) is 4.79 Å². The monoisotopic (exact) mass is 354 g/mol.